The fourth-order valence-corrected chi connectivity index (χ4v) is 3.25. The van der Waals surface area contributed by atoms with E-state index in [4.69, 9.17) is 0 Å². The van der Waals surface area contributed by atoms with Crippen LogP contribution in [0.1, 0.15) is 39.5 Å². The summed E-state index contributed by atoms with van der Waals surface area (Å²) >= 11 is 1.79. The van der Waals surface area contributed by atoms with Gasteiger partial charge in [-0.3, -0.25) is 4.79 Å². The Morgan fingerprint density at radius 3 is 2.71 bits per heavy atom. The van der Waals surface area contributed by atoms with Gasteiger partial charge in [-0.15, -0.1) is 11.8 Å². The highest BCUT2D eigenvalue weighted by atomic mass is 32.2. The van der Waals surface area contributed by atoms with Crippen LogP contribution in [-0.4, -0.2) is 48.0 Å². The van der Waals surface area contributed by atoms with Gasteiger partial charge in [-0.05, 0) is 45.0 Å². The van der Waals surface area contributed by atoms with Gasteiger partial charge in [0.1, 0.15) is 0 Å². The van der Waals surface area contributed by atoms with Crippen molar-refractivity contribution in [3.8, 4) is 0 Å². The smallest absolute Gasteiger partial charge is 0.235 e. The molecular formula is C13H26N2OS. The summed E-state index contributed by atoms with van der Waals surface area (Å²) in [5.74, 6) is 1.40. The van der Waals surface area contributed by atoms with E-state index in [-0.39, 0.29) is 5.25 Å². The van der Waals surface area contributed by atoms with E-state index in [2.05, 4.69) is 12.2 Å². The van der Waals surface area contributed by atoms with E-state index in [0.29, 0.717) is 11.9 Å². The van der Waals surface area contributed by atoms with E-state index >= 15 is 0 Å². The number of carbonyl (C=O) groups is 1. The van der Waals surface area contributed by atoms with Crippen molar-refractivity contribution in [2.75, 3.05) is 25.9 Å². The summed E-state index contributed by atoms with van der Waals surface area (Å²) < 4.78 is 0. The number of hydrogen-bond acceptors (Lipinski definition) is 3. The van der Waals surface area contributed by atoms with E-state index in [0.717, 1.165) is 31.7 Å². The van der Waals surface area contributed by atoms with Crippen molar-refractivity contribution in [3.63, 3.8) is 0 Å². The lowest BCUT2D eigenvalue weighted by atomic mass is 10.1. The van der Waals surface area contributed by atoms with Crippen molar-refractivity contribution in [1.29, 1.82) is 0 Å². The Hall–Kier alpha value is -0.220. The highest BCUT2D eigenvalue weighted by Crippen LogP contribution is 2.18. The van der Waals surface area contributed by atoms with Gasteiger partial charge in [-0.25, -0.2) is 0 Å². The van der Waals surface area contributed by atoms with E-state index in [1.54, 1.807) is 11.8 Å². The summed E-state index contributed by atoms with van der Waals surface area (Å²) in [6.07, 6.45) is 4.60. The third kappa shape index (κ3) is 4.88. The quantitative estimate of drug-likeness (QED) is 0.741. The number of piperidine rings is 1. The van der Waals surface area contributed by atoms with E-state index < -0.39 is 0 Å². The largest absolute Gasteiger partial charge is 0.342 e. The number of unbranched alkanes of at least 4 members (excludes halogenated alkanes) is 1. The molecule has 1 amide bonds. The molecule has 3 nitrogen and oxygen atoms in total. The monoisotopic (exact) mass is 258 g/mol. The molecule has 1 atom stereocenters. The Morgan fingerprint density at radius 1 is 1.47 bits per heavy atom. The average Bonchev–Trinajstić information content (AvgIpc) is 2.38. The third-order valence-corrected chi connectivity index (χ3v) is 4.64. The van der Waals surface area contributed by atoms with Crippen LogP contribution in [0.25, 0.3) is 0 Å². The van der Waals surface area contributed by atoms with Crippen molar-refractivity contribution >= 4 is 17.7 Å². The minimum Gasteiger partial charge on any atom is -0.342 e. The predicted octanol–water partition coefficient (Wildman–Crippen LogP) is 2.12. The second-order valence-electron chi connectivity index (χ2n) is 4.80. The molecule has 1 saturated heterocycles. The van der Waals surface area contributed by atoms with Gasteiger partial charge >= 0.3 is 0 Å². The molecule has 0 bridgehead atoms. The number of rotatable bonds is 6. The topological polar surface area (TPSA) is 32.3 Å². The number of nitrogens with zero attached hydrogens (tertiary/aromatic N) is 1. The zero-order chi connectivity index (χ0) is 12.7. The van der Waals surface area contributed by atoms with Crippen molar-refractivity contribution < 1.29 is 4.79 Å². The lowest BCUT2D eigenvalue weighted by Gasteiger charge is -2.33. The molecule has 1 rings (SSSR count). The maximum absolute atomic E-state index is 12.2. The molecule has 1 unspecified atom stereocenters. The Bertz CT molecular complexity index is 229. The Morgan fingerprint density at radius 2 is 2.12 bits per heavy atom. The highest BCUT2D eigenvalue weighted by molar-refractivity contribution is 8.00. The molecule has 0 aromatic heterocycles. The summed E-state index contributed by atoms with van der Waals surface area (Å²) in [6, 6.07) is 0.443. The van der Waals surface area contributed by atoms with Crippen LogP contribution in [0.4, 0.5) is 0 Å². The van der Waals surface area contributed by atoms with Gasteiger partial charge in [0.05, 0.1) is 5.25 Å². The number of amides is 1. The average molecular weight is 258 g/mol. The normalized spacial score (nSPS) is 19.0. The first-order chi connectivity index (χ1) is 8.16. The number of nitrogens with one attached hydrogen (secondary N) is 1. The van der Waals surface area contributed by atoms with Crippen LogP contribution >= 0.6 is 11.8 Å². The van der Waals surface area contributed by atoms with Crippen molar-refractivity contribution in [1.82, 2.24) is 10.2 Å². The maximum atomic E-state index is 12.2. The van der Waals surface area contributed by atoms with Gasteiger partial charge in [0.2, 0.25) is 5.91 Å². The molecule has 0 saturated carbocycles. The molecule has 0 radical (unpaired) electrons. The first kappa shape index (κ1) is 14.8. The van der Waals surface area contributed by atoms with Gasteiger partial charge in [-0.1, -0.05) is 13.3 Å². The lowest BCUT2D eigenvalue weighted by Crippen LogP contribution is -2.46. The van der Waals surface area contributed by atoms with Crippen LogP contribution in [-0.2, 0) is 4.79 Å². The molecule has 0 spiro atoms. The molecular weight excluding hydrogens is 232 g/mol. The summed E-state index contributed by atoms with van der Waals surface area (Å²) in [6.45, 7) is 6.31. The zero-order valence-electron chi connectivity index (χ0n) is 11.4. The van der Waals surface area contributed by atoms with Gasteiger partial charge in [0.15, 0.2) is 0 Å². The molecule has 1 fully saturated rings. The number of hydrogen-bond donors (Lipinski definition) is 1. The molecule has 100 valence electrons. The van der Waals surface area contributed by atoms with Crippen molar-refractivity contribution in [2.45, 2.75) is 50.8 Å². The van der Waals surface area contributed by atoms with Crippen LogP contribution in [0.2, 0.25) is 0 Å². The molecule has 0 aliphatic carbocycles. The molecule has 4 heteroatoms. The maximum Gasteiger partial charge on any atom is 0.235 e. The SMILES string of the molecule is CCCCSC(C)C(=O)N(C)C1CCNCC1. The molecule has 17 heavy (non-hydrogen) atoms. The Labute approximate surface area is 110 Å². The summed E-state index contributed by atoms with van der Waals surface area (Å²) in [7, 11) is 1.97. The standard InChI is InChI=1S/C13H26N2OS/c1-4-5-10-17-11(2)13(16)15(3)12-6-8-14-9-7-12/h11-12,14H,4-10H2,1-3H3. The molecule has 0 aromatic rings. The minimum atomic E-state index is 0.112. The van der Waals surface area contributed by atoms with Gasteiger partial charge in [0.25, 0.3) is 0 Å². The molecule has 0 aromatic carbocycles. The van der Waals surface area contributed by atoms with E-state index in [9.17, 15) is 4.79 Å². The highest BCUT2D eigenvalue weighted by Gasteiger charge is 2.25. The molecule has 1 aliphatic rings. The van der Waals surface area contributed by atoms with Crippen LogP contribution in [0.15, 0.2) is 0 Å². The fourth-order valence-electron chi connectivity index (χ4n) is 2.14. The fraction of sp³-hybridized carbons (Fsp3) is 0.923. The Kier molecular flexibility index (Phi) is 6.97. The second kappa shape index (κ2) is 7.98. The van der Waals surface area contributed by atoms with Gasteiger partial charge in [0, 0.05) is 13.1 Å². The Balaban J connectivity index is 2.33. The van der Waals surface area contributed by atoms with Crippen LogP contribution in [0.5, 0.6) is 0 Å². The molecule has 1 N–H and O–H groups in total. The molecule has 1 heterocycles. The third-order valence-electron chi connectivity index (χ3n) is 3.42. The number of carbonyl (C=O) groups excluding carboxylic acids is 1. The minimum absolute atomic E-state index is 0.112. The van der Waals surface area contributed by atoms with Crippen LogP contribution < -0.4 is 5.32 Å². The van der Waals surface area contributed by atoms with Gasteiger partial charge < -0.3 is 10.2 Å². The second-order valence-corrected chi connectivity index (χ2v) is 6.25. The summed E-state index contributed by atoms with van der Waals surface area (Å²) in [5, 5.41) is 3.45. The summed E-state index contributed by atoms with van der Waals surface area (Å²) in [5.41, 5.74) is 0. The van der Waals surface area contributed by atoms with Crippen molar-refractivity contribution in [2.24, 2.45) is 0 Å². The van der Waals surface area contributed by atoms with E-state index in [1.807, 2.05) is 18.9 Å². The zero-order valence-corrected chi connectivity index (χ0v) is 12.2. The predicted molar refractivity (Wildman–Crippen MR) is 75.5 cm³/mol. The van der Waals surface area contributed by atoms with Crippen LogP contribution in [0.3, 0.4) is 0 Å². The first-order valence-corrected chi connectivity index (χ1v) is 7.80. The first-order valence-electron chi connectivity index (χ1n) is 6.75. The number of thioether (sulfide) groups is 1. The van der Waals surface area contributed by atoms with Gasteiger partial charge in [-0.2, -0.15) is 0 Å². The molecule has 1 aliphatic heterocycles. The lowest BCUT2D eigenvalue weighted by molar-refractivity contribution is -0.131. The van der Waals surface area contributed by atoms with E-state index in [1.165, 1.54) is 12.8 Å². The summed E-state index contributed by atoms with van der Waals surface area (Å²) in [4.78, 5) is 14.2. The van der Waals surface area contributed by atoms with Crippen molar-refractivity contribution in [3.05, 3.63) is 0 Å². The van der Waals surface area contributed by atoms with Crippen LogP contribution in [0, 0.1) is 0 Å².